The number of thioether (sulfide) groups is 1. The van der Waals surface area contributed by atoms with Crippen molar-refractivity contribution in [3.05, 3.63) is 75.9 Å². The van der Waals surface area contributed by atoms with Gasteiger partial charge in [0, 0.05) is 16.3 Å². The van der Waals surface area contributed by atoms with Gasteiger partial charge in [0.2, 0.25) is 5.88 Å². The molecule has 0 atom stereocenters. The molecule has 0 aliphatic heterocycles. The molecule has 27 heavy (non-hydrogen) atoms. The minimum absolute atomic E-state index is 0.688. The quantitative estimate of drug-likeness (QED) is 0.369. The molecule has 0 spiro atoms. The lowest BCUT2D eigenvalue weighted by molar-refractivity contribution is 0.439. The SMILES string of the molecule is Cc1ccc(CSc2nc3c(c(Oc4ccc(Cl)cc4)n2)CCCC3)cc1. The summed E-state index contributed by atoms with van der Waals surface area (Å²) in [7, 11) is 0. The van der Waals surface area contributed by atoms with E-state index < -0.39 is 0 Å². The summed E-state index contributed by atoms with van der Waals surface area (Å²) < 4.78 is 6.12. The highest BCUT2D eigenvalue weighted by Crippen LogP contribution is 2.33. The first-order valence-corrected chi connectivity index (χ1v) is 10.6. The molecule has 4 rings (SSSR count). The molecule has 1 heterocycles. The number of ether oxygens (including phenoxy) is 1. The molecule has 1 aliphatic rings. The zero-order valence-corrected chi connectivity index (χ0v) is 16.8. The van der Waals surface area contributed by atoms with E-state index in [2.05, 4.69) is 31.2 Å². The van der Waals surface area contributed by atoms with Crippen LogP contribution in [0.4, 0.5) is 0 Å². The summed E-state index contributed by atoms with van der Waals surface area (Å²) in [5.74, 6) is 2.29. The maximum Gasteiger partial charge on any atom is 0.226 e. The number of rotatable bonds is 5. The molecule has 0 radical (unpaired) electrons. The van der Waals surface area contributed by atoms with Gasteiger partial charge in [-0.05, 0) is 62.4 Å². The fourth-order valence-corrected chi connectivity index (χ4v) is 4.07. The molecule has 5 heteroatoms. The number of halogens is 1. The Labute approximate surface area is 169 Å². The molecule has 2 aromatic carbocycles. The molecule has 138 valence electrons. The van der Waals surface area contributed by atoms with Gasteiger partial charge in [-0.3, -0.25) is 0 Å². The molecule has 0 N–H and O–H groups in total. The maximum atomic E-state index is 6.12. The predicted octanol–water partition coefficient (Wildman–Crippen LogP) is 6.40. The third-order valence-corrected chi connectivity index (χ3v) is 5.81. The highest BCUT2D eigenvalue weighted by molar-refractivity contribution is 7.98. The summed E-state index contributed by atoms with van der Waals surface area (Å²) in [5.41, 5.74) is 4.82. The minimum Gasteiger partial charge on any atom is -0.439 e. The molecule has 3 nitrogen and oxygen atoms in total. The molecule has 0 fully saturated rings. The Morgan fingerprint density at radius 1 is 0.963 bits per heavy atom. The zero-order valence-electron chi connectivity index (χ0n) is 15.2. The Kier molecular flexibility index (Phi) is 5.65. The van der Waals surface area contributed by atoms with Gasteiger partial charge in [0.05, 0.1) is 5.69 Å². The number of benzene rings is 2. The van der Waals surface area contributed by atoms with Crippen molar-refractivity contribution in [2.75, 3.05) is 0 Å². The molecular formula is C22H21ClN2OS. The van der Waals surface area contributed by atoms with Crippen LogP contribution in [0.2, 0.25) is 5.02 Å². The first-order valence-electron chi connectivity index (χ1n) is 9.19. The summed E-state index contributed by atoms with van der Waals surface area (Å²) in [6.07, 6.45) is 4.30. The lowest BCUT2D eigenvalue weighted by atomic mass is 9.97. The molecular weight excluding hydrogens is 376 g/mol. The van der Waals surface area contributed by atoms with Crippen molar-refractivity contribution in [2.45, 2.75) is 43.5 Å². The van der Waals surface area contributed by atoms with E-state index in [4.69, 9.17) is 26.3 Å². The van der Waals surface area contributed by atoms with E-state index in [1.165, 1.54) is 17.5 Å². The largest absolute Gasteiger partial charge is 0.439 e. The summed E-state index contributed by atoms with van der Waals surface area (Å²) >= 11 is 7.64. The summed E-state index contributed by atoms with van der Waals surface area (Å²) in [5, 5.41) is 1.47. The van der Waals surface area contributed by atoms with E-state index in [-0.39, 0.29) is 0 Å². The smallest absolute Gasteiger partial charge is 0.226 e. The Morgan fingerprint density at radius 3 is 2.48 bits per heavy atom. The van der Waals surface area contributed by atoms with Crippen LogP contribution in [0.15, 0.2) is 53.7 Å². The van der Waals surface area contributed by atoms with Crippen LogP contribution in [-0.2, 0) is 18.6 Å². The monoisotopic (exact) mass is 396 g/mol. The molecule has 0 amide bonds. The van der Waals surface area contributed by atoms with Crippen molar-refractivity contribution >= 4 is 23.4 Å². The van der Waals surface area contributed by atoms with Crippen molar-refractivity contribution < 1.29 is 4.74 Å². The van der Waals surface area contributed by atoms with Gasteiger partial charge in [-0.25, -0.2) is 4.98 Å². The number of fused-ring (bicyclic) bond motifs is 1. The topological polar surface area (TPSA) is 35.0 Å². The van der Waals surface area contributed by atoms with E-state index in [0.717, 1.165) is 47.2 Å². The van der Waals surface area contributed by atoms with Gasteiger partial charge in [0.15, 0.2) is 5.16 Å². The second kappa shape index (κ2) is 8.32. The average Bonchev–Trinajstić information content (AvgIpc) is 2.69. The fourth-order valence-electron chi connectivity index (χ4n) is 3.13. The number of aromatic nitrogens is 2. The average molecular weight is 397 g/mol. The molecule has 0 saturated carbocycles. The normalized spacial score (nSPS) is 13.3. The summed E-state index contributed by atoms with van der Waals surface area (Å²) in [6, 6.07) is 16.0. The van der Waals surface area contributed by atoms with Crippen LogP contribution in [0, 0.1) is 6.92 Å². The van der Waals surface area contributed by atoms with Gasteiger partial charge < -0.3 is 4.74 Å². The molecule has 1 aliphatic carbocycles. The lowest BCUT2D eigenvalue weighted by Gasteiger charge is -2.19. The highest BCUT2D eigenvalue weighted by atomic mass is 35.5. The van der Waals surface area contributed by atoms with Crippen LogP contribution < -0.4 is 4.74 Å². The van der Waals surface area contributed by atoms with Gasteiger partial charge in [-0.15, -0.1) is 0 Å². The Balaban J connectivity index is 1.58. The third-order valence-electron chi connectivity index (χ3n) is 4.64. The first kappa shape index (κ1) is 18.3. The van der Waals surface area contributed by atoms with E-state index in [9.17, 15) is 0 Å². The summed E-state index contributed by atoms with van der Waals surface area (Å²) in [4.78, 5) is 9.55. The van der Waals surface area contributed by atoms with Crippen LogP contribution in [0.1, 0.15) is 35.2 Å². The standard InChI is InChI=1S/C22H21ClN2OS/c1-15-6-8-16(9-7-15)14-27-22-24-20-5-3-2-4-19(20)21(25-22)26-18-12-10-17(23)11-13-18/h6-13H,2-5,14H2,1H3. The summed E-state index contributed by atoms with van der Waals surface area (Å²) in [6.45, 7) is 2.10. The predicted molar refractivity (Wildman–Crippen MR) is 111 cm³/mol. The number of nitrogens with zero attached hydrogens (tertiary/aromatic N) is 2. The first-order chi connectivity index (χ1) is 13.2. The number of hydrogen-bond donors (Lipinski definition) is 0. The van der Waals surface area contributed by atoms with Crippen molar-refractivity contribution in [1.82, 2.24) is 9.97 Å². The van der Waals surface area contributed by atoms with E-state index >= 15 is 0 Å². The van der Waals surface area contributed by atoms with Crippen molar-refractivity contribution in [3.8, 4) is 11.6 Å². The highest BCUT2D eigenvalue weighted by Gasteiger charge is 2.19. The fraction of sp³-hybridized carbons (Fsp3) is 0.273. The molecule has 3 aromatic rings. The molecule has 1 aromatic heterocycles. The van der Waals surface area contributed by atoms with E-state index in [1.807, 2.05) is 24.3 Å². The Hall–Kier alpha value is -2.04. The van der Waals surface area contributed by atoms with Gasteiger partial charge >= 0.3 is 0 Å². The van der Waals surface area contributed by atoms with Crippen molar-refractivity contribution in [1.29, 1.82) is 0 Å². The van der Waals surface area contributed by atoms with Crippen molar-refractivity contribution in [2.24, 2.45) is 0 Å². The molecule has 0 bridgehead atoms. The number of hydrogen-bond acceptors (Lipinski definition) is 4. The van der Waals surface area contributed by atoms with Crippen LogP contribution >= 0.6 is 23.4 Å². The second-order valence-electron chi connectivity index (χ2n) is 6.77. The minimum atomic E-state index is 0.688. The van der Waals surface area contributed by atoms with E-state index in [1.54, 1.807) is 11.8 Å². The molecule has 0 saturated heterocycles. The van der Waals surface area contributed by atoms with Gasteiger partial charge in [-0.2, -0.15) is 4.98 Å². The van der Waals surface area contributed by atoms with E-state index in [0.29, 0.717) is 10.9 Å². The van der Waals surface area contributed by atoms with Gasteiger partial charge in [0.1, 0.15) is 5.75 Å². The number of aryl methyl sites for hydroxylation is 2. The van der Waals surface area contributed by atoms with Crippen LogP contribution in [0.5, 0.6) is 11.6 Å². The van der Waals surface area contributed by atoms with Gasteiger partial charge in [0.25, 0.3) is 0 Å². The van der Waals surface area contributed by atoms with Crippen LogP contribution in [0.3, 0.4) is 0 Å². The van der Waals surface area contributed by atoms with Gasteiger partial charge in [-0.1, -0.05) is 53.2 Å². The van der Waals surface area contributed by atoms with Crippen molar-refractivity contribution in [3.63, 3.8) is 0 Å². The maximum absolute atomic E-state index is 6.12. The third kappa shape index (κ3) is 4.63. The van der Waals surface area contributed by atoms with Crippen LogP contribution in [0.25, 0.3) is 0 Å². The lowest BCUT2D eigenvalue weighted by Crippen LogP contribution is -2.10. The van der Waals surface area contributed by atoms with Crippen LogP contribution in [-0.4, -0.2) is 9.97 Å². The molecule has 0 unspecified atom stereocenters. The Morgan fingerprint density at radius 2 is 1.70 bits per heavy atom. The zero-order chi connectivity index (χ0) is 18.6. The Bertz CT molecular complexity index is 926. The second-order valence-corrected chi connectivity index (χ2v) is 8.15.